The molecule has 5 nitrogen and oxygen atoms in total. The summed E-state index contributed by atoms with van der Waals surface area (Å²) >= 11 is 2.91. The molecule has 0 aliphatic carbocycles. The zero-order valence-corrected chi connectivity index (χ0v) is 17.3. The van der Waals surface area contributed by atoms with Gasteiger partial charge in [-0.25, -0.2) is 0 Å². The normalized spacial score (nSPS) is 12.1. The van der Waals surface area contributed by atoms with Crippen LogP contribution in [0.1, 0.15) is 38.2 Å². The molecule has 144 valence electrons. The van der Waals surface area contributed by atoms with Crippen LogP contribution in [0.2, 0.25) is 0 Å². The standard InChI is InChI=1S/C21H21N3O2S2/c1-2-3-4-7-12-26-16-10-6-5-9-15(16)14-18-20(25)24-21(28-18)22-19(23-24)17-11-8-13-27-17/h5-6,8-11,13-14H,2-4,7,12H2,1H3. The minimum absolute atomic E-state index is 0.145. The minimum atomic E-state index is -0.145. The predicted octanol–water partition coefficient (Wildman–Crippen LogP) is 4.39. The SMILES string of the molecule is CCCCCCOc1ccccc1C=c1sc2nc(-c3cccs3)nn2c1=O. The second-order valence-electron chi connectivity index (χ2n) is 6.47. The Bertz CT molecular complexity index is 1160. The molecule has 3 heterocycles. The summed E-state index contributed by atoms with van der Waals surface area (Å²) in [5, 5.41) is 6.35. The van der Waals surface area contributed by atoms with Gasteiger partial charge in [0.05, 0.1) is 16.0 Å². The van der Waals surface area contributed by atoms with Crippen molar-refractivity contribution in [1.82, 2.24) is 14.6 Å². The van der Waals surface area contributed by atoms with Gasteiger partial charge in [-0.05, 0) is 30.0 Å². The van der Waals surface area contributed by atoms with E-state index in [-0.39, 0.29) is 5.56 Å². The van der Waals surface area contributed by atoms with Crippen LogP contribution in [-0.4, -0.2) is 21.2 Å². The van der Waals surface area contributed by atoms with Crippen LogP contribution < -0.4 is 14.8 Å². The number of rotatable bonds is 8. The maximum absolute atomic E-state index is 12.8. The molecule has 0 saturated heterocycles. The van der Waals surface area contributed by atoms with Gasteiger partial charge in [-0.2, -0.15) is 9.50 Å². The second-order valence-corrected chi connectivity index (χ2v) is 8.43. The fourth-order valence-corrected chi connectivity index (χ4v) is 4.48. The van der Waals surface area contributed by atoms with Crippen molar-refractivity contribution in [2.45, 2.75) is 32.6 Å². The van der Waals surface area contributed by atoms with Crippen LogP contribution >= 0.6 is 22.7 Å². The first kappa shape index (κ1) is 18.8. The Balaban J connectivity index is 1.61. The number of hydrogen-bond acceptors (Lipinski definition) is 6. The number of ether oxygens (including phenoxy) is 1. The van der Waals surface area contributed by atoms with Gasteiger partial charge in [0.1, 0.15) is 5.75 Å². The Morgan fingerprint density at radius 3 is 2.82 bits per heavy atom. The van der Waals surface area contributed by atoms with Crippen LogP contribution in [0.3, 0.4) is 0 Å². The first-order chi connectivity index (χ1) is 13.8. The van der Waals surface area contributed by atoms with E-state index in [0.29, 0.717) is 21.9 Å². The first-order valence-corrected chi connectivity index (χ1v) is 11.1. The maximum Gasteiger partial charge on any atom is 0.291 e. The summed E-state index contributed by atoms with van der Waals surface area (Å²) in [4.78, 5) is 18.8. The predicted molar refractivity (Wildman–Crippen MR) is 115 cm³/mol. The summed E-state index contributed by atoms with van der Waals surface area (Å²) in [5.41, 5.74) is 0.756. The van der Waals surface area contributed by atoms with Crippen molar-refractivity contribution in [3.05, 3.63) is 62.2 Å². The third kappa shape index (κ3) is 4.00. The van der Waals surface area contributed by atoms with Crippen LogP contribution in [0.4, 0.5) is 0 Å². The molecule has 0 unspecified atom stereocenters. The summed E-state index contributed by atoms with van der Waals surface area (Å²) in [6.07, 6.45) is 6.52. The Labute approximate surface area is 170 Å². The number of thiophene rings is 1. The zero-order chi connectivity index (χ0) is 19.3. The maximum atomic E-state index is 12.8. The van der Waals surface area contributed by atoms with Crippen LogP contribution in [0.25, 0.3) is 21.7 Å². The van der Waals surface area contributed by atoms with Gasteiger partial charge in [0.15, 0.2) is 5.82 Å². The van der Waals surface area contributed by atoms with E-state index in [0.717, 1.165) is 22.6 Å². The Kier molecular flexibility index (Phi) is 5.83. The third-order valence-corrected chi connectivity index (χ3v) is 6.21. The molecule has 4 rings (SSSR count). The molecule has 0 bridgehead atoms. The van der Waals surface area contributed by atoms with E-state index < -0.39 is 0 Å². The number of benzene rings is 1. The van der Waals surface area contributed by atoms with Crippen LogP contribution in [0, 0.1) is 0 Å². The molecule has 0 saturated carbocycles. The number of aromatic nitrogens is 3. The number of fused-ring (bicyclic) bond motifs is 1. The van der Waals surface area contributed by atoms with E-state index in [1.807, 2.05) is 47.9 Å². The molecule has 0 aliphatic heterocycles. The van der Waals surface area contributed by atoms with Crippen LogP contribution in [-0.2, 0) is 0 Å². The Hall–Kier alpha value is -2.51. The molecule has 0 radical (unpaired) electrons. The smallest absolute Gasteiger partial charge is 0.291 e. The Morgan fingerprint density at radius 1 is 1.14 bits per heavy atom. The quantitative estimate of drug-likeness (QED) is 0.404. The highest BCUT2D eigenvalue weighted by Crippen LogP contribution is 2.22. The van der Waals surface area contributed by atoms with Crippen molar-refractivity contribution in [2.75, 3.05) is 6.61 Å². The molecule has 28 heavy (non-hydrogen) atoms. The fourth-order valence-electron chi connectivity index (χ4n) is 2.93. The van der Waals surface area contributed by atoms with Gasteiger partial charge in [0.2, 0.25) is 4.96 Å². The summed E-state index contributed by atoms with van der Waals surface area (Å²) in [6, 6.07) is 11.7. The average molecular weight is 412 g/mol. The molecule has 3 aromatic heterocycles. The summed E-state index contributed by atoms with van der Waals surface area (Å²) in [5.74, 6) is 1.40. The van der Waals surface area contributed by atoms with Gasteiger partial charge in [-0.1, -0.05) is 61.8 Å². The van der Waals surface area contributed by atoms with Gasteiger partial charge in [0.25, 0.3) is 5.56 Å². The highest BCUT2D eigenvalue weighted by atomic mass is 32.1. The van der Waals surface area contributed by atoms with E-state index in [1.54, 1.807) is 11.3 Å². The molecule has 0 spiro atoms. The largest absolute Gasteiger partial charge is 0.493 e. The topological polar surface area (TPSA) is 56.5 Å². The van der Waals surface area contributed by atoms with Gasteiger partial charge in [-0.15, -0.1) is 16.4 Å². The van der Waals surface area contributed by atoms with Gasteiger partial charge in [0, 0.05) is 5.56 Å². The van der Waals surface area contributed by atoms with Crippen molar-refractivity contribution < 1.29 is 4.74 Å². The van der Waals surface area contributed by atoms with Crippen molar-refractivity contribution >= 4 is 33.7 Å². The number of unbranched alkanes of at least 4 members (excludes halogenated alkanes) is 3. The van der Waals surface area contributed by atoms with Crippen molar-refractivity contribution in [2.24, 2.45) is 0 Å². The highest BCUT2D eigenvalue weighted by Gasteiger charge is 2.13. The van der Waals surface area contributed by atoms with E-state index in [1.165, 1.54) is 35.1 Å². The van der Waals surface area contributed by atoms with Crippen LogP contribution in [0.5, 0.6) is 5.75 Å². The number of para-hydroxylation sites is 1. The zero-order valence-electron chi connectivity index (χ0n) is 15.6. The lowest BCUT2D eigenvalue weighted by atomic mass is 10.2. The van der Waals surface area contributed by atoms with Crippen LogP contribution in [0.15, 0.2) is 46.6 Å². The molecule has 0 fully saturated rings. The summed E-state index contributed by atoms with van der Waals surface area (Å²) in [6.45, 7) is 2.89. The van der Waals surface area contributed by atoms with Gasteiger partial charge < -0.3 is 4.74 Å². The molecule has 0 N–H and O–H groups in total. The molecule has 0 amide bonds. The first-order valence-electron chi connectivity index (χ1n) is 9.43. The lowest BCUT2D eigenvalue weighted by molar-refractivity contribution is 0.304. The minimum Gasteiger partial charge on any atom is -0.493 e. The second kappa shape index (κ2) is 8.67. The third-order valence-electron chi connectivity index (χ3n) is 4.38. The molecular weight excluding hydrogens is 390 g/mol. The number of nitrogens with zero attached hydrogens (tertiary/aromatic N) is 3. The molecule has 0 atom stereocenters. The number of thiazole rings is 1. The fraction of sp³-hybridized carbons (Fsp3) is 0.286. The van der Waals surface area contributed by atoms with E-state index in [2.05, 4.69) is 17.0 Å². The molecule has 4 aromatic rings. The van der Waals surface area contributed by atoms with Crippen molar-refractivity contribution in [3.63, 3.8) is 0 Å². The summed E-state index contributed by atoms with van der Waals surface area (Å²) in [7, 11) is 0. The molecule has 0 aliphatic rings. The monoisotopic (exact) mass is 411 g/mol. The Morgan fingerprint density at radius 2 is 2.04 bits per heavy atom. The average Bonchev–Trinajstić information content (AvgIpc) is 3.42. The number of hydrogen-bond donors (Lipinski definition) is 0. The van der Waals surface area contributed by atoms with E-state index in [4.69, 9.17) is 4.74 Å². The molecule has 7 heteroatoms. The van der Waals surface area contributed by atoms with Crippen molar-refractivity contribution in [3.8, 4) is 16.5 Å². The van der Waals surface area contributed by atoms with Crippen molar-refractivity contribution in [1.29, 1.82) is 0 Å². The lowest BCUT2D eigenvalue weighted by Gasteiger charge is -2.08. The van der Waals surface area contributed by atoms with E-state index in [9.17, 15) is 4.79 Å². The van der Waals surface area contributed by atoms with Gasteiger partial charge >= 0.3 is 0 Å². The molecular formula is C21H21N3O2S2. The highest BCUT2D eigenvalue weighted by molar-refractivity contribution is 7.15. The van der Waals surface area contributed by atoms with Gasteiger partial charge in [-0.3, -0.25) is 4.79 Å². The van der Waals surface area contributed by atoms with E-state index >= 15 is 0 Å². The molecule has 1 aromatic carbocycles. The summed E-state index contributed by atoms with van der Waals surface area (Å²) < 4.78 is 7.95. The lowest BCUT2D eigenvalue weighted by Crippen LogP contribution is -2.23.